The molecule has 2 fully saturated rings. The van der Waals surface area contributed by atoms with Crippen molar-refractivity contribution in [3.8, 4) is 5.75 Å². The number of nitrogens with one attached hydrogen (secondary N) is 2. The van der Waals surface area contributed by atoms with Crippen LogP contribution in [0.4, 0.5) is 5.69 Å². The summed E-state index contributed by atoms with van der Waals surface area (Å²) >= 11 is 6.17. The summed E-state index contributed by atoms with van der Waals surface area (Å²) in [5, 5.41) is 7.52. The minimum absolute atomic E-state index is 0.269. The monoisotopic (exact) mass is 410 g/mol. The van der Waals surface area contributed by atoms with Gasteiger partial charge < -0.3 is 29.7 Å². The summed E-state index contributed by atoms with van der Waals surface area (Å²) in [5.41, 5.74) is 1.03. The van der Waals surface area contributed by atoms with E-state index in [0.717, 1.165) is 56.4 Å². The van der Waals surface area contributed by atoms with Gasteiger partial charge in [-0.15, -0.1) is 0 Å². The third-order valence-corrected chi connectivity index (χ3v) is 5.34. The maximum absolute atomic E-state index is 6.17. The Hall–Kier alpha value is -1.70. The molecule has 28 heavy (non-hydrogen) atoms. The predicted octanol–water partition coefficient (Wildman–Crippen LogP) is 2.29. The molecular formula is C20H31ClN4O3. The Morgan fingerprint density at radius 3 is 3.04 bits per heavy atom. The quantitative estimate of drug-likeness (QED) is 0.389. The van der Waals surface area contributed by atoms with Crippen LogP contribution in [0, 0.1) is 0 Å². The van der Waals surface area contributed by atoms with Gasteiger partial charge in [-0.2, -0.15) is 0 Å². The summed E-state index contributed by atoms with van der Waals surface area (Å²) in [4.78, 5) is 6.61. The normalized spacial score (nSPS) is 22.5. The maximum Gasteiger partial charge on any atom is 0.191 e. The molecule has 0 aliphatic carbocycles. The van der Waals surface area contributed by atoms with Gasteiger partial charge in [0.2, 0.25) is 0 Å². The first kappa shape index (κ1) is 21.0. The Balaban J connectivity index is 1.40. The Morgan fingerprint density at radius 1 is 1.39 bits per heavy atom. The lowest BCUT2D eigenvalue weighted by molar-refractivity contribution is 0.0191. The highest BCUT2D eigenvalue weighted by atomic mass is 35.5. The van der Waals surface area contributed by atoms with Crippen LogP contribution in [0.5, 0.6) is 5.75 Å². The number of aliphatic imine (C=N–C) groups is 1. The number of nitrogens with zero attached hydrogens (tertiary/aromatic N) is 2. The van der Waals surface area contributed by atoms with Crippen LogP contribution < -0.4 is 20.3 Å². The summed E-state index contributed by atoms with van der Waals surface area (Å²) in [6.07, 6.45) is 3.53. The Labute approximate surface area is 172 Å². The zero-order valence-corrected chi connectivity index (χ0v) is 17.5. The first-order chi connectivity index (χ1) is 13.7. The second kappa shape index (κ2) is 10.7. The number of hydrogen-bond donors (Lipinski definition) is 2. The molecule has 0 spiro atoms. The third-order valence-electron chi connectivity index (χ3n) is 5.10. The van der Waals surface area contributed by atoms with Gasteiger partial charge in [-0.1, -0.05) is 11.6 Å². The molecule has 0 bridgehead atoms. The van der Waals surface area contributed by atoms with E-state index in [4.69, 9.17) is 25.8 Å². The fourth-order valence-electron chi connectivity index (χ4n) is 3.63. The molecule has 2 heterocycles. The van der Waals surface area contributed by atoms with Gasteiger partial charge in [-0.05, 0) is 37.5 Å². The zero-order chi connectivity index (χ0) is 19.8. The van der Waals surface area contributed by atoms with Gasteiger partial charge in [-0.3, -0.25) is 4.99 Å². The maximum atomic E-state index is 6.17. The topological polar surface area (TPSA) is 67.4 Å². The highest BCUT2D eigenvalue weighted by Gasteiger charge is 2.25. The number of benzene rings is 1. The highest BCUT2D eigenvalue weighted by molar-refractivity contribution is 6.30. The average Bonchev–Trinajstić information content (AvgIpc) is 3.38. The number of guanidine groups is 1. The molecular weight excluding hydrogens is 380 g/mol. The van der Waals surface area contributed by atoms with E-state index in [2.05, 4.69) is 20.5 Å². The lowest BCUT2D eigenvalue weighted by Crippen LogP contribution is -2.45. The summed E-state index contributed by atoms with van der Waals surface area (Å²) in [6.45, 7) is 4.69. The molecule has 8 heteroatoms. The number of methoxy groups -OCH3 is 1. The van der Waals surface area contributed by atoms with E-state index in [-0.39, 0.29) is 6.10 Å². The first-order valence-corrected chi connectivity index (χ1v) is 10.3. The van der Waals surface area contributed by atoms with E-state index in [1.807, 2.05) is 18.2 Å². The Bertz CT molecular complexity index is 652. The van der Waals surface area contributed by atoms with Crippen molar-refractivity contribution in [2.75, 3.05) is 58.5 Å². The minimum Gasteiger partial charge on any atom is -0.495 e. The van der Waals surface area contributed by atoms with Crippen LogP contribution in [-0.2, 0) is 9.47 Å². The summed E-state index contributed by atoms with van der Waals surface area (Å²) < 4.78 is 16.7. The van der Waals surface area contributed by atoms with Gasteiger partial charge >= 0.3 is 0 Å². The molecule has 2 N–H and O–H groups in total. The van der Waals surface area contributed by atoms with Crippen molar-refractivity contribution < 1.29 is 14.2 Å². The molecule has 1 aromatic carbocycles. The fourth-order valence-corrected chi connectivity index (χ4v) is 3.79. The largest absolute Gasteiger partial charge is 0.495 e. The van der Waals surface area contributed by atoms with Crippen LogP contribution in [0.15, 0.2) is 23.2 Å². The average molecular weight is 411 g/mol. The van der Waals surface area contributed by atoms with Crippen molar-refractivity contribution in [1.29, 1.82) is 0 Å². The van der Waals surface area contributed by atoms with E-state index in [0.29, 0.717) is 30.8 Å². The fraction of sp³-hybridized carbons (Fsp3) is 0.650. The van der Waals surface area contributed by atoms with Gasteiger partial charge in [0, 0.05) is 44.4 Å². The van der Waals surface area contributed by atoms with Crippen LogP contribution in [-0.4, -0.2) is 71.7 Å². The van der Waals surface area contributed by atoms with E-state index >= 15 is 0 Å². The van der Waals surface area contributed by atoms with E-state index < -0.39 is 0 Å². The van der Waals surface area contributed by atoms with Gasteiger partial charge in [0.15, 0.2) is 5.96 Å². The molecule has 1 aromatic rings. The number of hydrogen-bond acceptors (Lipinski definition) is 5. The van der Waals surface area contributed by atoms with Gasteiger partial charge in [0.1, 0.15) is 5.75 Å². The first-order valence-electron chi connectivity index (χ1n) is 9.94. The Kier molecular flexibility index (Phi) is 8.06. The van der Waals surface area contributed by atoms with Crippen molar-refractivity contribution in [3.63, 3.8) is 0 Å². The van der Waals surface area contributed by atoms with Crippen LogP contribution >= 0.6 is 11.6 Å². The Morgan fingerprint density at radius 2 is 2.29 bits per heavy atom. The van der Waals surface area contributed by atoms with Crippen LogP contribution in [0.25, 0.3) is 0 Å². The molecule has 2 aliphatic rings. The minimum atomic E-state index is 0.269. The molecule has 2 saturated heterocycles. The zero-order valence-electron chi connectivity index (χ0n) is 16.7. The lowest BCUT2D eigenvalue weighted by Gasteiger charge is -2.22. The van der Waals surface area contributed by atoms with Crippen molar-refractivity contribution >= 4 is 23.2 Å². The smallest absolute Gasteiger partial charge is 0.191 e. The number of anilines is 1. The second-order valence-corrected chi connectivity index (χ2v) is 7.54. The number of rotatable bonds is 8. The van der Waals surface area contributed by atoms with Crippen molar-refractivity contribution in [2.45, 2.75) is 31.4 Å². The molecule has 0 saturated carbocycles. The van der Waals surface area contributed by atoms with Gasteiger partial charge in [-0.25, -0.2) is 0 Å². The van der Waals surface area contributed by atoms with E-state index in [9.17, 15) is 0 Å². The molecule has 0 aromatic heterocycles. The number of halogens is 1. The summed E-state index contributed by atoms with van der Waals surface area (Å²) in [7, 11) is 3.47. The van der Waals surface area contributed by atoms with Crippen LogP contribution in [0.2, 0.25) is 5.02 Å². The van der Waals surface area contributed by atoms with E-state index in [1.165, 1.54) is 0 Å². The molecule has 0 amide bonds. The van der Waals surface area contributed by atoms with E-state index in [1.54, 1.807) is 14.2 Å². The van der Waals surface area contributed by atoms with Crippen LogP contribution in [0.3, 0.4) is 0 Å². The highest BCUT2D eigenvalue weighted by Crippen LogP contribution is 2.33. The summed E-state index contributed by atoms with van der Waals surface area (Å²) in [5.74, 6) is 1.64. The second-order valence-electron chi connectivity index (χ2n) is 7.10. The standard InChI is InChI=1S/C20H31ClN4O3/c1-22-20(23-8-11-27-14-17-4-3-10-28-17)24-16-7-9-25(13-16)18-12-15(21)5-6-19(18)26-2/h5-6,12,16-17H,3-4,7-11,13-14H2,1-2H3,(H2,22,23,24). The predicted molar refractivity (Wildman–Crippen MR) is 113 cm³/mol. The van der Waals surface area contributed by atoms with Crippen molar-refractivity contribution in [3.05, 3.63) is 23.2 Å². The SMILES string of the molecule is CN=C(NCCOCC1CCCO1)NC1CCN(c2cc(Cl)ccc2OC)C1. The molecule has 156 valence electrons. The van der Waals surface area contributed by atoms with Gasteiger partial charge in [0.25, 0.3) is 0 Å². The molecule has 7 nitrogen and oxygen atoms in total. The lowest BCUT2D eigenvalue weighted by atomic mass is 10.2. The van der Waals surface area contributed by atoms with Crippen molar-refractivity contribution in [2.24, 2.45) is 4.99 Å². The molecule has 2 aliphatic heterocycles. The molecule has 2 unspecified atom stereocenters. The number of ether oxygens (including phenoxy) is 3. The van der Waals surface area contributed by atoms with Gasteiger partial charge in [0.05, 0.1) is 32.1 Å². The summed E-state index contributed by atoms with van der Waals surface area (Å²) in [6, 6.07) is 6.03. The molecule has 0 radical (unpaired) electrons. The molecule has 2 atom stereocenters. The molecule has 3 rings (SSSR count). The third kappa shape index (κ3) is 5.90. The van der Waals surface area contributed by atoms with Crippen LogP contribution in [0.1, 0.15) is 19.3 Å². The van der Waals surface area contributed by atoms with Crippen molar-refractivity contribution in [1.82, 2.24) is 10.6 Å².